The fraction of sp³-hybridized carbons (Fsp3) is 0.0667. The van der Waals surface area contributed by atoms with Gasteiger partial charge in [-0.25, -0.2) is 0 Å². The lowest BCUT2D eigenvalue weighted by Gasteiger charge is -1.99. The van der Waals surface area contributed by atoms with Crippen molar-refractivity contribution in [3.63, 3.8) is 0 Å². The number of carbonyl (C=O) groups excluding carboxylic acids is 1. The van der Waals surface area contributed by atoms with Crippen molar-refractivity contribution >= 4 is 28.8 Å². The van der Waals surface area contributed by atoms with E-state index in [0.29, 0.717) is 16.6 Å². The number of benzene rings is 1. The van der Waals surface area contributed by atoms with Gasteiger partial charge < -0.3 is 9.84 Å². The normalized spacial score (nSPS) is 10.5. The van der Waals surface area contributed by atoms with E-state index in [0.717, 1.165) is 10.4 Å². The molecule has 0 aliphatic rings. The number of hydrogen-bond acceptors (Lipinski definition) is 4. The van der Waals surface area contributed by atoms with Gasteiger partial charge in [-0.1, -0.05) is 47.1 Å². The van der Waals surface area contributed by atoms with Crippen molar-refractivity contribution < 1.29 is 9.32 Å². The zero-order valence-corrected chi connectivity index (χ0v) is 12.4. The molecule has 1 N–H and O–H groups in total. The second-order valence-corrected chi connectivity index (χ2v) is 6.13. The van der Waals surface area contributed by atoms with E-state index in [9.17, 15) is 4.79 Å². The lowest BCUT2D eigenvalue weighted by atomic mass is 10.1. The molecule has 4 nitrogen and oxygen atoms in total. The van der Waals surface area contributed by atoms with E-state index in [4.69, 9.17) is 16.1 Å². The van der Waals surface area contributed by atoms with Gasteiger partial charge in [-0.15, -0.1) is 11.3 Å². The second kappa shape index (κ2) is 6.11. The molecule has 21 heavy (non-hydrogen) atoms. The first-order chi connectivity index (χ1) is 10.2. The van der Waals surface area contributed by atoms with Gasteiger partial charge in [0.25, 0.3) is 5.91 Å². The fourth-order valence-corrected chi connectivity index (χ4v) is 2.86. The number of rotatable bonds is 4. The number of thiophene rings is 1. The molecule has 3 aromatic rings. The summed E-state index contributed by atoms with van der Waals surface area (Å²) in [6.07, 6.45) is 0. The average Bonchev–Trinajstić information content (AvgIpc) is 3.15. The molecule has 0 fully saturated rings. The van der Waals surface area contributed by atoms with Gasteiger partial charge >= 0.3 is 0 Å². The molecule has 0 unspecified atom stereocenters. The first kappa shape index (κ1) is 13.9. The van der Waals surface area contributed by atoms with E-state index in [1.807, 2.05) is 36.4 Å². The molecule has 2 aromatic heterocycles. The van der Waals surface area contributed by atoms with Crippen molar-refractivity contribution in [2.75, 3.05) is 0 Å². The van der Waals surface area contributed by atoms with Crippen molar-refractivity contribution in [2.24, 2.45) is 0 Å². The van der Waals surface area contributed by atoms with E-state index in [1.165, 1.54) is 11.3 Å². The molecule has 0 spiro atoms. The van der Waals surface area contributed by atoms with Gasteiger partial charge in [0.15, 0.2) is 0 Å². The van der Waals surface area contributed by atoms with Crippen molar-refractivity contribution in [1.82, 2.24) is 10.5 Å². The standard InChI is InChI=1S/C15H11ClN2O2S/c16-14-7-6-11(21-14)9-17-15(19)13-8-12(18-20-13)10-4-2-1-3-5-10/h1-8H,9H2,(H,17,19). The maximum absolute atomic E-state index is 12.0. The van der Waals surface area contributed by atoms with Crippen LogP contribution in [0.15, 0.2) is 53.1 Å². The molecular formula is C15H11ClN2O2S. The Labute approximate surface area is 130 Å². The molecule has 0 saturated heterocycles. The average molecular weight is 319 g/mol. The highest BCUT2D eigenvalue weighted by atomic mass is 35.5. The summed E-state index contributed by atoms with van der Waals surface area (Å²) in [6.45, 7) is 0.414. The molecular weight excluding hydrogens is 308 g/mol. The molecule has 0 saturated carbocycles. The van der Waals surface area contributed by atoms with E-state index in [-0.39, 0.29) is 11.7 Å². The third-order valence-corrected chi connectivity index (χ3v) is 4.09. The molecule has 0 aliphatic carbocycles. The van der Waals surface area contributed by atoms with Crippen LogP contribution in [-0.2, 0) is 6.54 Å². The summed E-state index contributed by atoms with van der Waals surface area (Å²) < 4.78 is 5.79. The number of halogens is 1. The monoisotopic (exact) mass is 318 g/mol. The van der Waals surface area contributed by atoms with Gasteiger partial charge in [0, 0.05) is 16.5 Å². The third kappa shape index (κ3) is 3.32. The van der Waals surface area contributed by atoms with Gasteiger partial charge in [-0.3, -0.25) is 4.79 Å². The Morgan fingerprint density at radius 2 is 2.05 bits per heavy atom. The Morgan fingerprint density at radius 1 is 1.24 bits per heavy atom. The summed E-state index contributed by atoms with van der Waals surface area (Å²) in [4.78, 5) is 13.0. The lowest BCUT2D eigenvalue weighted by Crippen LogP contribution is -2.21. The lowest BCUT2D eigenvalue weighted by molar-refractivity contribution is 0.0914. The van der Waals surface area contributed by atoms with Gasteiger partial charge in [0.1, 0.15) is 5.69 Å². The number of carbonyl (C=O) groups is 1. The van der Waals surface area contributed by atoms with Crippen LogP contribution in [0.4, 0.5) is 0 Å². The summed E-state index contributed by atoms with van der Waals surface area (Å²) in [5.41, 5.74) is 1.55. The molecule has 2 heterocycles. The van der Waals surface area contributed by atoms with Gasteiger partial charge in [-0.2, -0.15) is 0 Å². The van der Waals surface area contributed by atoms with E-state index < -0.39 is 0 Å². The smallest absolute Gasteiger partial charge is 0.290 e. The molecule has 6 heteroatoms. The number of amides is 1. The summed E-state index contributed by atoms with van der Waals surface area (Å²) in [5.74, 6) is -0.106. The van der Waals surface area contributed by atoms with Crippen LogP contribution < -0.4 is 5.32 Å². The van der Waals surface area contributed by atoms with Crippen LogP contribution in [0.25, 0.3) is 11.3 Å². The SMILES string of the molecule is O=C(NCc1ccc(Cl)s1)c1cc(-c2ccccc2)no1. The molecule has 1 amide bonds. The Hall–Kier alpha value is -2.11. The largest absolute Gasteiger partial charge is 0.350 e. The minimum Gasteiger partial charge on any atom is -0.350 e. The molecule has 106 valence electrons. The number of nitrogens with one attached hydrogen (secondary N) is 1. The minimum atomic E-state index is -0.297. The van der Waals surface area contributed by atoms with Crippen molar-refractivity contribution in [2.45, 2.75) is 6.54 Å². The minimum absolute atomic E-state index is 0.191. The van der Waals surface area contributed by atoms with Crippen LogP contribution in [0, 0.1) is 0 Å². The Bertz CT molecular complexity index is 752. The van der Waals surface area contributed by atoms with E-state index >= 15 is 0 Å². The highest BCUT2D eigenvalue weighted by Crippen LogP contribution is 2.21. The first-order valence-corrected chi connectivity index (χ1v) is 7.46. The Kier molecular flexibility index (Phi) is 4.03. The quantitative estimate of drug-likeness (QED) is 0.791. The summed E-state index contributed by atoms with van der Waals surface area (Å²) in [5, 5.41) is 6.68. The topological polar surface area (TPSA) is 55.1 Å². The molecule has 0 radical (unpaired) electrons. The number of hydrogen-bond donors (Lipinski definition) is 1. The highest BCUT2D eigenvalue weighted by Gasteiger charge is 2.13. The Balaban J connectivity index is 1.67. The summed E-state index contributed by atoms with van der Waals surface area (Å²) in [7, 11) is 0. The van der Waals surface area contributed by atoms with Gasteiger partial charge in [-0.05, 0) is 12.1 Å². The van der Waals surface area contributed by atoms with Crippen molar-refractivity contribution in [1.29, 1.82) is 0 Å². The van der Waals surface area contributed by atoms with Crippen LogP contribution >= 0.6 is 22.9 Å². The van der Waals surface area contributed by atoms with Gasteiger partial charge in [0.05, 0.1) is 10.9 Å². The van der Waals surface area contributed by atoms with E-state index in [2.05, 4.69) is 10.5 Å². The van der Waals surface area contributed by atoms with Crippen LogP contribution in [0.2, 0.25) is 4.34 Å². The number of nitrogens with zero attached hydrogens (tertiary/aromatic N) is 1. The van der Waals surface area contributed by atoms with Crippen LogP contribution in [0.3, 0.4) is 0 Å². The predicted octanol–water partition coefficient (Wildman–Crippen LogP) is 3.99. The predicted molar refractivity (Wildman–Crippen MR) is 82.4 cm³/mol. The highest BCUT2D eigenvalue weighted by molar-refractivity contribution is 7.16. The van der Waals surface area contributed by atoms with E-state index in [1.54, 1.807) is 12.1 Å². The van der Waals surface area contributed by atoms with Crippen LogP contribution in [0.5, 0.6) is 0 Å². The van der Waals surface area contributed by atoms with Crippen LogP contribution in [0.1, 0.15) is 15.4 Å². The zero-order chi connectivity index (χ0) is 14.7. The van der Waals surface area contributed by atoms with Crippen LogP contribution in [-0.4, -0.2) is 11.1 Å². The molecule has 0 aliphatic heterocycles. The van der Waals surface area contributed by atoms with Gasteiger partial charge in [0.2, 0.25) is 5.76 Å². The maximum Gasteiger partial charge on any atom is 0.290 e. The summed E-state index contributed by atoms with van der Waals surface area (Å²) in [6, 6.07) is 14.9. The van der Waals surface area contributed by atoms with Crippen molar-refractivity contribution in [3.05, 3.63) is 63.5 Å². The second-order valence-electron chi connectivity index (χ2n) is 4.33. The molecule has 1 aromatic carbocycles. The number of aromatic nitrogens is 1. The maximum atomic E-state index is 12.0. The Morgan fingerprint density at radius 3 is 2.76 bits per heavy atom. The fourth-order valence-electron chi connectivity index (χ4n) is 1.83. The first-order valence-electron chi connectivity index (χ1n) is 6.27. The molecule has 0 bridgehead atoms. The molecule has 3 rings (SSSR count). The molecule has 0 atom stereocenters. The zero-order valence-electron chi connectivity index (χ0n) is 10.9. The van der Waals surface area contributed by atoms with Crippen molar-refractivity contribution in [3.8, 4) is 11.3 Å². The summed E-state index contributed by atoms with van der Waals surface area (Å²) >= 11 is 7.27. The third-order valence-electron chi connectivity index (χ3n) is 2.86.